The smallest absolute Gasteiger partial charge is 0.337 e. The lowest BCUT2D eigenvalue weighted by Crippen LogP contribution is -2.36. The average molecular weight is 236 g/mol. The number of nitrogens with two attached hydrogens (primary N) is 1. The summed E-state index contributed by atoms with van der Waals surface area (Å²) in [5.41, 5.74) is 7.15. The van der Waals surface area contributed by atoms with Crippen LogP contribution >= 0.6 is 0 Å². The maximum Gasteiger partial charge on any atom is 0.337 e. The van der Waals surface area contributed by atoms with Crippen LogP contribution in [0.4, 0.5) is 11.4 Å². The fourth-order valence-corrected chi connectivity index (χ4v) is 2.10. The first-order valence-corrected chi connectivity index (χ1v) is 5.64. The van der Waals surface area contributed by atoms with Crippen LogP contribution in [0.2, 0.25) is 0 Å². The molecule has 1 aromatic rings. The molecule has 1 fully saturated rings. The maximum absolute atomic E-state index is 11.1. The molecule has 0 saturated carbocycles. The number of nitrogen functional groups attached to an aromatic ring is 1. The average Bonchev–Trinajstić information content (AvgIpc) is 2.29. The number of hydrogen-bond acceptors (Lipinski definition) is 4. The van der Waals surface area contributed by atoms with Crippen molar-refractivity contribution in [3.63, 3.8) is 0 Å². The highest BCUT2D eigenvalue weighted by Gasteiger charge is 2.21. The fraction of sp³-hybridized carbons (Fsp3) is 0.417. The molecule has 1 heterocycles. The Labute approximate surface area is 99.5 Å². The van der Waals surface area contributed by atoms with Gasteiger partial charge < -0.3 is 20.8 Å². The normalized spacial score (nSPS) is 17.1. The van der Waals surface area contributed by atoms with Gasteiger partial charge in [0.2, 0.25) is 0 Å². The SMILES string of the molecule is Nc1ccc(C(=O)O)c(N2CCC(O)CC2)c1. The van der Waals surface area contributed by atoms with Crippen molar-refractivity contribution in [3.8, 4) is 0 Å². The van der Waals surface area contributed by atoms with E-state index >= 15 is 0 Å². The molecule has 0 spiro atoms. The Bertz CT molecular complexity index is 426. The number of piperidine rings is 1. The number of carboxylic acid groups (broad SMARTS) is 1. The summed E-state index contributed by atoms with van der Waals surface area (Å²) >= 11 is 0. The van der Waals surface area contributed by atoms with E-state index in [9.17, 15) is 9.90 Å². The molecule has 2 rings (SSSR count). The molecule has 0 atom stereocenters. The molecule has 4 N–H and O–H groups in total. The van der Waals surface area contributed by atoms with E-state index < -0.39 is 5.97 Å². The number of nitrogens with zero attached hydrogens (tertiary/aromatic N) is 1. The van der Waals surface area contributed by atoms with Crippen LogP contribution in [-0.2, 0) is 0 Å². The number of aliphatic hydroxyl groups is 1. The number of hydrogen-bond donors (Lipinski definition) is 3. The van der Waals surface area contributed by atoms with Crippen molar-refractivity contribution in [3.05, 3.63) is 23.8 Å². The monoisotopic (exact) mass is 236 g/mol. The zero-order valence-electron chi connectivity index (χ0n) is 9.47. The van der Waals surface area contributed by atoms with Gasteiger partial charge in [-0.05, 0) is 31.0 Å². The van der Waals surface area contributed by atoms with Crippen molar-refractivity contribution in [2.24, 2.45) is 0 Å². The Balaban J connectivity index is 2.30. The van der Waals surface area contributed by atoms with Gasteiger partial charge >= 0.3 is 5.97 Å². The number of anilines is 2. The van der Waals surface area contributed by atoms with Gasteiger partial charge in [0, 0.05) is 18.8 Å². The predicted molar refractivity (Wildman–Crippen MR) is 65.3 cm³/mol. The minimum Gasteiger partial charge on any atom is -0.478 e. The summed E-state index contributed by atoms with van der Waals surface area (Å²) in [5.74, 6) is -0.953. The fourth-order valence-electron chi connectivity index (χ4n) is 2.10. The van der Waals surface area contributed by atoms with Gasteiger partial charge in [0.05, 0.1) is 17.4 Å². The number of benzene rings is 1. The van der Waals surface area contributed by atoms with Crippen LogP contribution in [-0.4, -0.2) is 35.4 Å². The molecule has 1 aromatic carbocycles. The number of aromatic carboxylic acids is 1. The van der Waals surface area contributed by atoms with Crippen LogP contribution < -0.4 is 10.6 Å². The number of carboxylic acids is 1. The molecule has 92 valence electrons. The summed E-state index contributed by atoms with van der Waals surface area (Å²) in [6.45, 7) is 1.32. The molecule has 1 aliphatic heterocycles. The lowest BCUT2D eigenvalue weighted by molar-refractivity contribution is 0.0697. The van der Waals surface area contributed by atoms with Gasteiger partial charge in [-0.1, -0.05) is 0 Å². The Morgan fingerprint density at radius 2 is 2.00 bits per heavy atom. The third-order valence-corrected chi connectivity index (χ3v) is 3.06. The first-order chi connectivity index (χ1) is 8.08. The summed E-state index contributed by atoms with van der Waals surface area (Å²) in [6.07, 6.45) is 1.04. The second kappa shape index (κ2) is 4.63. The molecular formula is C12H16N2O3. The second-order valence-corrected chi connectivity index (χ2v) is 4.30. The highest BCUT2D eigenvalue weighted by Crippen LogP contribution is 2.26. The lowest BCUT2D eigenvalue weighted by Gasteiger charge is -2.32. The third-order valence-electron chi connectivity index (χ3n) is 3.06. The van der Waals surface area contributed by atoms with Crippen molar-refractivity contribution >= 4 is 17.3 Å². The molecule has 1 saturated heterocycles. The summed E-state index contributed by atoms with van der Waals surface area (Å²) in [4.78, 5) is 13.1. The van der Waals surface area contributed by atoms with Crippen molar-refractivity contribution in [2.45, 2.75) is 18.9 Å². The van der Waals surface area contributed by atoms with Crippen molar-refractivity contribution in [2.75, 3.05) is 23.7 Å². The first-order valence-electron chi connectivity index (χ1n) is 5.64. The predicted octanol–water partition coefficient (Wildman–Crippen LogP) is 0.928. The van der Waals surface area contributed by atoms with E-state index in [0.29, 0.717) is 37.3 Å². The highest BCUT2D eigenvalue weighted by molar-refractivity contribution is 5.95. The highest BCUT2D eigenvalue weighted by atomic mass is 16.4. The van der Waals surface area contributed by atoms with Gasteiger partial charge in [-0.3, -0.25) is 0 Å². The van der Waals surface area contributed by atoms with E-state index in [-0.39, 0.29) is 11.7 Å². The van der Waals surface area contributed by atoms with Gasteiger partial charge in [0.15, 0.2) is 0 Å². The van der Waals surface area contributed by atoms with Crippen LogP contribution in [0.3, 0.4) is 0 Å². The Kier molecular flexibility index (Phi) is 3.19. The molecule has 0 bridgehead atoms. The van der Waals surface area contributed by atoms with Gasteiger partial charge in [-0.2, -0.15) is 0 Å². The van der Waals surface area contributed by atoms with Crippen molar-refractivity contribution in [1.29, 1.82) is 0 Å². The van der Waals surface area contributed by atoms with Crippen LogP contribution in [0.5, 0.6) is 0 Å². The largest absolute Gasteiger partial charge is 0.478 e. The van der Waals surface area contributed by atoms with Crippen molar-refractivity contribution in [1.82, 2.24) is 0 Å². The maximum atomic E-state index is 11.1. The molecular weight excluding hydrogens is 220 g/mol. The molecule has 17 heavy (non-hydrogen) atoms. The summed E-state index contributed by atoms with van der Waals surface area (Å²) < 4.78 is 0. The zero-order valence-corrected chi connectivity index (χ0v) is 9.47. The summed E-state index contributed by atoms with van der Waals surface area (Å²) in [6, 6.07) is 4.80. The number of aliphatic hydroxyl groups excluding tert-OH is 1. The Hall–Kier alpha value is -1.75. The van der Waals surface area contributed by atoms with Gasteiger partial charge in [-0.15, -0.1) is 0 Å². The Morgan fingerprint density at radius 3 is 2.59 bits per heavy atom. The quantitative estimate of drug-likeness (QED) is 0.665. The van der Waals surface area contributed by atoms with Gasteiger partial charge in [-0.25, -0.2) is 4.79 Å². The minimum absolute atomic E-state index is 0.260. The second-order valence-electron chi connectivity index (χ2n) is 4.30. The van der Waals surface area contributed by atoms with Crippen LogP contribution in [0.1, 0.15) is 23.2 Å². The lowest BCUT2D eigenvalue weighted by atomic mass is 10.0. The Morgan fingerprint density at radius 1 is 1.35 bits per heavy atom. The van der Waals surface area contributed by atoms with Crippen LogP contribution in [0.15, 0.2) is 18.2 Å². The van der Waals surface area contributed by atoms with Crippen LogP contribution in [0.25, 0.3) is 0 Å². The minimum atomic E-state index is -0.953. The molecule has 5 nitrogen and oxygen atoms in total. The van der Waals surface area contributed by atoms with E-state index in [2.05, 4.69) is 0 Å². The molecule has 5 heteroatoms. The van der Waals surface area contributed by atoms with E-state index in [1.165, 1.54) is 6.07 Å². The standard InChI is InChI=1S/C12H16N2O3/c13-8-1-2-10(12(16)17)11(7-8)14-5-3-9(15)4-6-14/h1-2,7,9,15H,3-6,13H2,(H,16,17). The molecule has 0 aliphatic carbocycles. The molecule has 0 amide bonds. The van der Waals surface area contributed by atoms with E-state index in [0.717, 1.165) is 0 Å². The van der Waals surface area contributed by atoms with E-state index in [1.807, 2.05) is 4.90 Å². The molecule has 0 unspecified atom stereocenters. The van der Waals surface area contributed by atoms with E-state index in [4.69, 9.17) is 10.8 Å². The molecule has 1 aliphatic rings. The van der Waals surface area contributed by atoms with Crippen molar-refractivity contribution < 1.29 is 15.0 Å². The van der Waals surface area contributed by atoms with Gasteiger partial charge in [0.1, 0.15) is 0 Å². The molecule has 0 aromatic heterocycles. The number of rotatable bonds is 2. The van der Waals surface area contributed by atoms with E-state index in [1.54, 1.807) is 12.1 Å². The summed E-state index contributed by atoms with van der Waals surface area (Å²) in [5, 5.41) is 18.6. The zero-order chi connectivity index (χ0) is 12.4. The van der Waals surface area contributed by atoms with Gasteiger partial charge in [0.25, 0.3) is 0 Å². The first kappa shape index (κ1) is 11.7. The topological polar surface area (TPSA) is 86.8 Å². The summed E-state index contributed by atoms with van der Waals surface area (Å²) in [7, 11) is 0. The van der Waals surface area contributed by atoms with Crippen LogP contribution in [0, 0.1) is 0 Å². The molecule has 0 radical (unpaired) electrons. The third kappa shape index (κ3) is 2.50. The number of carbonyl (C=O) groups is 1.